The van der Waals surface area contributed by atoms with Crippen molar-refractivity contribution in [1.82, 2.24) is 10.2 Å². The van der Waals surface area contributed by atoms with Gasteiger partial charge in [0.25, 0.3) is 5.91 Å². The van der Waals surface area contributed by atoms with Crippen molar-refractivity contribution >= 4 is 46.1 Å². The first-order valence-electron chi connectivity index (χ1n) is 4.63. The molecule has 0 radical (unpaired) electrons. The molecule has 0 spiro atoms. The van der Waals surface area contributed by atoms with Crippen molar-refractivity contribution < 1.29 is 4.79 Å². The number of nitrogens with zero attached hydrogens (tertiary/aromatic N) is 2. The number of hydrogen-bond acceptors (Lipinski definition) is 4. The van der Waals surface area contributed by atoms with Crippen LogP contribution in [0.2, 0.25) is 9.49 Å². The highest BCUT2D eigenvalue weighted by Gasteiger charge is 2.12. The molecular weight excluding hydrogens is 281 g/mol. The van der Waals surface area contributed by atoms with Crippen molar-refractivity contribution in [1.29, 1.82) is 0 Å². The zero-order valence-corrected chi connectivity index (χ0v) is 11.0. The Kier molecular flexibility index (Phi) is 3.61. The van der Waals surface area contributed by atoms with Gasteiger partial charge in [-0.3, -0.25) is 4.79 Å². The van der Waals surface area contributed by atoms with Crippen LogP contribution in [-0.2, 0) is 0 Å². The Labute approximate surface area is 112 Å². The molecule has 0 atom stereocenters. The van der Waals surface area contributed by atoms with Gasteiger partial charge in [-0.1, -0.05) is 29.0 Å². The van der Waals surface area contributed by atoms with Crippen LogP contribution in [0.15, 0.2) is 18.2 Å². The first-order chi connectivity index (χ1) is 8.06. The van der Waals surface area contributed by atoms with E-state index in [1.54, 1.807) is 12.1 Å². The number of hydrogen-bond donors (Lipinski definition) is 1. The van der Waals surface area contributed by atoms with E-state index in [9.17, 15) is 4.79 Å². The lowest BCUT2D eigenvalue weighted by atomic mass is 10.2. The number of aromatic nitrogens is 2. The van der Waals surface area contributed by atoms with E-state index in [4.69, 9.17) is 23.2 Å². The molecule has 0 aliphatic heterocycles. The minimum atomic E-state index is -0.352. The molecule has 0 saturated carbocycles. The van der Waals surface area contributed by atoms with Gasteiger partial charge in [0.1, 0.15) is 0 Å². The lowest BCUT2D eigenvalue weighted by Gasteiger charge is -2.04. The monoisotopic (exact) mass is 287 g/mol. The van der Waals surface area contributed by atoms with Crippen LogP contribution in [0.1, 0.15) is 15.4 Å². The Bertz CT molecular complexity index is 570. The molecule has 2 rings (SSSR count). The van der Waals surface area contributed by atoms with E-state index in [0.717, 1.165) is 16.9 Å². The third kappa shape index (κ3) is 2.94. The summed E-state index contributed by atoms with van der Waals surface area (Å²) in [5.41, 5.74) is 1.56. The van der Waals surface area contributed by atoms with E-state index < -0.39 is 0 Å². The van der Waals surface area contributed by atoms with Crippen LogP contribution in [-0.4, -0.2) is 16.1 Å². The SMILES string of the molecule is Cc1ccc(NC(=O)c2nnc(Cl)s2)cc1Cl. The third-order valence-corrected chi connectivity index (χ3v) is 3.45. The molecule has 0 fully saturated rings. The second kappa shape index (κ2) is 5.00. The lowest BCUT2D eigenvalue weighted by molar-refractivity contribution is 0.102. The van der Waals surface area contributed by atoms with E-state index >= 15 is 0 Å². The van der Waals surface area contributed by atoms with Crippen LogP contribution >= 0.6 is 34.5 Å². The molecule has 0 aliphatic carbocycles. The maximum absolute atomic E-state index is 11.7. The molecule has 17 heavy (non-hydrogen) atoms. The quantitative estimate of drug-likeness (QED) is 0.921. The number of carbonyl (C=O) groups is 1. The fraction of sp³-hybridized carbons (Fsp3) is 0.100. The third-order valence-electron chi connectivity index (χ3n) is 2.02. The fourth-order valence-electron chi connectivity index (χ4n) is 1.15. The summed E-state index contributed by atoms with van der Waals surface area (Å²) in [6.07, 6.45) is 0. The number of nitrogens with one attached hydrogen (secondary N) is 1. The summed E-state index contributed by atoms with van der Waals surface area (Å²) in [4.78, 5) is 11.7. The van der Waals surface area contributed by atoms with Crippen molar-refractivity contribution in [2.75, 3.05) is 5.32 Å². The minimum absolute atomic E-state index is 0.215. The van der Waals surface area contributed by atoms with Crippen molar-refractivity contribution in [2.45, 2.75) is 6.92 Å². The molecule has 1 N–H and O–H groups in total. The van der Waals surface area contributed by atoms with E-state index in [2.05, 4.69) is 15.5 Å². The summed E-state index contributed by atoms with van der Waals surface area (Å²) in [6.45, 7) is 1.89. The standard InChI is InChI=1S/C10H7Cl2N3OS/c1-5-2-3-6(4-7(5)11)13-8(16)9-14-15-10(12)17-9/h2-4H,1H3,(H,13,16). The van der Waals surface area contributed by atoms with Gasteiger partial charge in [-0.15, -0.1) is 10.2 Å². The Morgan fingerprint density at radius 1 is 1.35 bits per heavy atom. The Morgan fingerprint density at radius 3 is 2.71 bits per heavy atom. The van der Waals surface area contributed by atoms with Crippen LogP contribution in [0, 0.1) is 6.92 Å². The van der Waals surface area contributed by atoms with Crippen molar-refractivity contribution in [3.05, 3.63) is 38.3 Å². The highest BCUT2D eigenvalue weighted by molar-refractivity contribution is 7.17. The molecule has 0 saturated heterocycles. The minimum Gasteiger partial charge on any atom is -0.320 e. The smallest absolute Gasteiger partial charge is 0.286 e. The molecule has 2 aromatic rings. The van der Waals surface area contributed by atoms with Gasteiger partial charge < -0.3 is 5.32 Å². The molecule has 0 bridgehead atoms. The normalized spacial score (nSPS) is 10.3. The number of halogens is 2. The number of anilines is 1. The summed E-state index contributed by atoms with van der Waals surface area (Å²) >= 11 is 12.6. The largest absolute Gasteiger partial charge is 0.320 e. The maximum Gasteiger partial charge on any atom is 0.286 e. The highest BCUT2D eigenvalue weighted by Crippen LogP contribution is 2.21. The second-order valence-electron chi connectivity index (χ2n) is 3.28. The number of amides is 1. The van der Waals surface area contributed by atoms with Crippen molar-refractivity contribution in [2.24, 2.45) is 0 Å². The zero-order chi connectivity index (χ0) is 12.4. The maximum atomic E-state index is 11.7. The predicted molar refractivity (Wildman–Crippen MR) is 69.1 cm³/mol. The summed E-state index contributed by atoms with van der Waals surface area (Å²) in [7, 11) is 0. The second-order valence-corrected chi connectivity index (χ2v) is 5.25. The van der Waals surface area contributed by atoms with Crippen molar-refractivity contribution in [3.63, 3.8) is 0 Å². The average Bonchev–Trinajstić information content (AvgIpc) is 2.70. The molecule has 7 heteroatoms. The van der Waals surface area contributed by atoms with Crippen LogP contribution < -0.4 is 5.32 Å². The van der Waals surface area contributed by atoms with E-state index in [0.29, 0.717) is 10.7 Å². The molecule has 1 aromatic carbocycles. The summed E-state index contributed by atoms with van der Waals surface area (Å²) in [5.74, 6) is -0.352. The lowest BCUT2D eigenvalue weighted by Crippen LogP contribution is -2.11. The summed E-state index contributed by atoms with van der Waals surface area (Å²) < 4.78 is 0.233. The number of carbonyl (C=O) groups excluding carboxylic acids is 1. The van der Waals surface area contributed by atoms with Gasteiger partial charge in [-0.2, -0.15) is 0 Å². The molecule has 0 aliphatic rings. The Balaban J connectivity index is 2.15. The zero-order valence-electron chi connectivity index (χ0n) is 8.70. The van der Waals surface area contributed by atoms with Crippen LogP contribution in [0.5, 0.6) is 0 Å². The van der Waals surface area contributed by atoms with Gasteiger partial charge >= 0.3 is 0 Å². The topological polar surface area (TPSA) is 54.9 Å². The van der Waals surface area contributed by atoms with Gasteiger partial charge in [-0.05, 0) is 36.2 Å². The molecule has 0 unspecified atom stereocenters. The number of benzene rings is 1. The van der Waals surface area contributed by atoms with Gasteiger partial charge in [0.2, 0.25) is 9.47 Å². The van der Waals surface area contributed by atoms with Gasteiger partial charge in [0, 0.05) is 10.7 Å². The summed E-state index contributed by atoms with van der Waals surface area (Å²) in [5, 5.41) is 10.7. The average molecular weight is 288 g/mol. The first kappa shape index (κ1) is 12.3. The molecule has 4 nitrogen and oxygen atoms in total. The van der Waals surface area contributed by atoms with Crippen LogP contribution in [0.3, 0.4) is 0 Å². The van der Waals surface area contributed by atoms with E-state index in [1.165, 1.54) is 0 Å². The van der Waals surface area contributed by atoms with Crippen LogP contribution in [0.25, 0.3) is 0 Å². The molecule has 1 aromatic heterocycles. The highest BCUT2D eigenvalue weighted by atomic mass is 35.5. The first-order valence-corrected chi connectivity index (χ1v) is 6.20. The fourth-order valence-corrected chi connectivity index (χ4v) is 2.06. The number of aryl methyl sites for hydroxylation is 1. The number of rotatable bonds is 2. The molecule has 88 valence electrons. The van der Waals surface area contributed by atoms with Gasteiger partial charge in [-0.25, -0.2) is 0 Å². The predicted octanol–water partition coefficient (Wildman–Crippen LogP) is 3.41. The van der Waals surface area contributed by atoms with E-state index in [1.807, 2.05) is 13.0 Å². The Hall–Kier alpha value is -1.17. The summed E-state index contributed by atoms with van der Waals surface area (Å²) in [6, 6.07) is 5.27. The molecule has 1 heterocycles. The van der Waals surface area contributed by atoms with Gasteiger partial charge in [0.05, 0.1) is 0 Å². The molecule has 1 amide bonds. The van der Waals surface area contributed by atoms with Crippen molar-refractivity contribution in [3.8, 4) is 0 Å². The van der Waals surface area contributed by atoms with Gasteiger partial charge in [0.15, 0.2) is 0 Å². The van der Waals surface area contributed by atoms with E-state index in [-0.39, 0.29) is 15.4 Å². The molecular formula is C10H7Cl2N3OS. The van der Waals surface area contributed by atoms with Crippen LogP contribution in [0.4, 0.5) is 5.69 Å². The Morgan fingerprint density at radius 2 is 2.12 bits per heavy atom.